The number of quaternary nitrogens is 1. The molecule has 2 heterocycles. The van der Waals surface area contributed by atoms with E-state index in [4.69, 9.17) is 4.99 Å². The van der Waals surface area contributed by atoms with Gasteiger partial charge in [-0.1, -0.05) is 78.9 Å². The first-order valence-electron chi connectivity index (χ1n) is 10.6. The van der Waals surface area contributed by atoms with Crippen molar-refractivity contribution in [2.45, 2.75) is 12.8 Å². The lowest BCUT2D eigenvalue weighted by Crippen LogP contribution is -2.53. The van der Waals surface area contributed by atoms with Gasteiger partial charge in [0, 0.05) is 30.9 Å². The summed E-state index contributed by atoms with van der Waals surface area (Å²) in [6.45, 7) is 0. The summed E-state index contributed by atoms with van der Waals surface area (Å²) < 4.78 is 1.45. The number of allylic oxidation sites excluding steroid dienone is 2. The number of carbonyl (C=O) groups excluding carboxylic acids is 1. The van der Waals surface area contributed by atoms with Crippen LogP contribution in [0.4, 0.5) is 10.5 Å². The van der Waals surface area contributed by atoms with Crippen molar-refractivity contribution < 1.29 is 4.79 Å². The first-order chi connectivity index (χ1) is 15.8. The number of carbonyl (C=O) groups is 1. The highest BCUT2D eigenvalue weighted by atomic mass is 16.2. The molecule has 5 heteroatoms. The molecule has 1 aliphatic heterocycles. The molecule has 0 spiro atoms. The normalized spacial score (nSPS) is 17.6. The van der Waals surface area contributed by atoms with Crippen LogP contribution in [0.15, 0.2) is 126 Å². The number of amides is 1. The SMILES string of the molecule is O=C(n1ccnc1)[N+]1(c2ccccc2)C=NC(Cc2ccccc2)=C1Cc1ccccc1. The molecule has 0 radical (unpaired) electrons. The molecule has 1 aromatic heterocycles. The molecule has 1 amide bonds. The maximum Gasteiger partial charge on any atom is 0.444 e. The van der Waals surface area contributed by atoms with Gasteiger partial charge in [-0.25, -0.2) is 19.3 Å². The molecule has 0 aliphatic carbocycles. The predicted octanol–water partition coefficient (Wildman–Crippen LogP) is 5.60. The standard InChI is InChI=1S/C27H23N4O/c32-27(30-17-16-28-20-30)31(24-14-8-3-9-15-24)21-29-25(18-22-10-4-1-5-11-22)26(31)19-23-12-6-2-7-13-23/h1-17,20-21H,18-19H2/q+1. The van der Waals surface area contributed by atoms with E-state index in [1.165, 1.54) is 4.57 Å². The molecule has 1 atom stereocenters. The summed E-state index contributed by atoms with van der Waals surface area (Å²) in [7, 11) is 0. The van der Waals surface area contributed by atoms with Gasteiger partial charge in [0.25, 0.3) is 0 Å². The Morgan fingerprint density at radius 3 is 1.97 bits per heavy atom. The number of rotatable bonds is 5. The summed E-state index contributed by atoms with van der Waals surface area (Å²) in [6, 6.07) is 30.2. The molecular weight excluding hydrogens is 396 g/mol. The minimum absolute atomic E-state index is 0.0890. The van der Waals surface area contributed by atoms with Crippen LogP contribution >= 0.6 is 0 Å². The van der Waals surface area contributed by atoms with Gasteiger partial charge in [-0.3, -0.25) is 0 Å². The Labute approximate surface area is 187 Å². The van der Waals surface area contributed by atoms with Gasteiger partial charge in [-0.15, -0.1) is 4.48 Å². The quantitative estimate of drug-likeness (QED) is 0.396. The minimum Gasteiger partial charge on any atom is -0.245 e. The third-order valence-corrected chi connectivity index (χ3v) is 5.76. The highest BCUT2D eigenvalue weighted by Crippen LogP contribution is 2.37. The van der Waals surface area contributed by atoms with Crippen LogP contribution in [0.1, 0.15) is 11.1 Å². The Morgan fingerprint density at radius 2 is 1.38 bits per heavy atom. The number of para-hydroxylation sites is 1. The fourth-order valence-electron chi connectivity index (χ4n) is 4.17. The number of benzene rings is 3. The third-order valence-electron chi connectivity index (χ3n) is 5.76. The Balaban J connectivity index is 1.70. The van der Waals surface area contributed by atoms with Gasteiger partial charge in [0.2, 0.25) is 6.34 Å². The van der Waals surface area contributed by atoms with E-state index in [0.717, 1.165) is 28.2 Å². The highest BCUT2D eigenvalue weighted by molar-refractivity contribution is 6.07. The van der Waals surface area contributed by atoms with E-state index < -0.39 is 0 Å². The Hall–Kier alpha value is -4.09. The van der Waals surface area contributed by atoms with E-state index in [0.29, 0.717) is 12.8 Å². The summed E-state index contributed by atoms with van der Waals surface area (Å²) in [5.74, 6) is 0. The molecule has 5 nitrogen and oxygen atoms in total. The molecule has 0 saturated carbocycles. The lowest BCUT2D eigenvalue weighted by atomic mass is 10.0. The smallest absolute Gasteiger partial charge is 0.245 e. The Kier molecular flexibility index (Phi) is 5.32. The molecule has 3 aromatic carbocycles. The Bertz CT molecular complexity index is 1260. The van der Waals surface area contributed by atoms with Crippen LogP contribution in [0, 0.1) is 0 Å². The zero-order valence-corrected chi connectivity index (χ0v) is 17.6. The summed E-state index contributed by atoms with van der Waals surface area (Å²) in [6.07, 6.45) is 7.90. The summed E-state index contributed by atoms with van der Waals surface area (Å²) >= 11 is 0. The van der Waals surface area contributed by atoms with Crippen LogP contribution in [-0.4, -0.2) is 21.9 Å². The van der Waals surface area contributed by atoms with E-state index in [1.54, 1.807) is 25.1 Å². The average Bonchev–Trinajstić information content (AvgIpc) is 3.51. The van der Waals surface area contributed by atoms with Gasteiger partial charge < -0.3 is 0 Å². The fourth-order valence-corrected chi connectivity index (χ4v) is 4.17. The van der Waals surface area contributed by atoms with Gasteiger partial charge >= 0.3 is 6.03 Å². The molecule has 0 saturated heterocycles. The van der Waals surface area contributed by atoms with Crippen molar-refractivity contribution in [2.75, 3.05) is 0 Å². The second-order valence-electron chi connectivity index (χ2n) is 7.77. The minimum atomic E-state index is -0.133. The Morgan fingerprint density at radius 1 is 0.781 bits per heavy atom. The second-order valence-corrected chi connectivity index (χ2v) is 7.77. The van der Waals surface area contributed by atoms with Crippen molar-refractivity contribution in [1.29, 1.82) is 0 Å². The molecule has 0 fully saturated rings. The number of imidazole rings is 1. The van der Waals surface area contributed by atoms with Crippen LogP contribution < -0.4 is 4.48 Å². The van der Waals surface area contributed by atoms with Gasteiger partial charge in [-0.05, 0) is 11.1 Å². The molecule has 0 N–H and O–H groups in total. The van der Waals surface area contributed by atoms with Crippen molar-refractivity contribution in [3.05, 3.63) is 132 Å². The van der Waals surface area contributed by atoms with Crippen LogP contribution in [0.5, 0.6) is 0 Å². The zero-order chi connectivity index (χ0) is 21.8. The first-order valence-corrected chi connectivity index (χ1v) is 10.6. The molecule has 32 heavy (non-hydrogen) atoms. The monoisotopic (exact) mass is 419 g/mol. The van der Waals surface area contributed by atoms with Crippen LogP contribution in [0.3, 0.4) is 0 Å². The van der Waals surface area contributed by atoms with Gasteiger partial charge in [0.15, 0.2) is 11.4 Å². The van der Waals surface area contributed by atoms with Gasteiger partial charge in [-0.2, -0.15) is 0 Å². The van der Waals surface area contributed by atoms with Crippen molar-refractivity contribution >= 4 is 18.1 Å². The molecule has 0 bridgehead atoms. The second kappa shape index (κ2) is 8.57. The number of aromatic nitrogens is 2. The summed E-state index contributed by atoms with van der Waals surface area (Å²) in [5.41, 5.74) is 5.01. The molecule has 4 aromatic rings. The number of hydrogen-bond donors (Lipinski definition) is 0. The van der Waals surface area contributed by atoms with Crippen molar-refractivity contribution in [1.82, 2.24) is 14.0 Å². The first kappa shape index (κ1) is 19.8. The average molecular weight is 420 g/mol. The van der Waals surface area contributed by atoms with E-state index in [1.807, 2.05) is 66.7 Å². The third kappa shape index (κ3) is 3.59. The van der Waals surface area contributed by atoms with Crippen molar-refractivity contribution in [3.63, 3.8) is 0 Å². The summed E-state index contributed by atoms with van der Waals surface area (Å²) in [4.78, 5) is 22.9. The van der Waals surface area contributed by atoms with E-state index in [9.17, 15) is 4.79 Å². The predicted molar refractivity (Wildman–Crippen MR) is 127 cm³/mol. The van der Waals surface area contributed by atoms with Gasteiger partial charge in [0.1, 0.15) is 12.0 Å². The number of hydrogen-bond acceptors (Lipinski definition) is 3. The van der Waals surface area contributed by atoms with E-state index in [-0.39, 0.29) is 10.5 Å². The van der Waals surface area contributed by atoms with Gasteiger partial charge in [0.05, 0.1) is 6.42 Å². The largest absolute Gasteiger partial charge is 0.444 e. The van der Waals surface area contributed by atoms with Crippen LogP contribution in [-0.2, 0) is 12.8 Å². The molecule has 1 aliphatic rings. The van der Waals surface area contributed by atoms with Crippen LogP contribution in [0.25, 0.3) is 0 Å². The zero-order valence-electron chi connectivity index (χ0n) is 17.6. The molecule has 156 valence electrons. The van der Waals surface area contributed by atoms with Crippen molar-refractivity contribution in [2.24, 2.45) is 4.99 Å². The maximum atomic E-state index is 14.0. The molecule has 5 rings (SSSR count). The lowest BCUT2D eigenvalue weighted by Gasteiger charge is -2.29. The lowest BCUT2D eigenvalue weighted by molar-refractivity contribution is 0.230. The van der Waals surface area contributed by atoms with E-state index >= 15 is 0 Å². The molecule has 1 unspecified atom stereocenters. The molecular formula is C27H23N4O+. The van der Waals surface area contributed by atoms with Crippen molar-refractivity contribution in [3.8, 4) is 0 Å². The number of nitrogens with zero attached hydrogens (tertiary/aromatic N) is 4. The summed E-state index contributed by atoms with van der Waals surface area (Å²) in [5, 5.41) is 0. The fraction of sp³-hybridized carbons (Fsp3) is 0.0741. The van der Waals surface area contributed by atoms with E-state index in [2.05, 4.69) is 29.2 Å². The topological polar surface area (TPSA) is 47.2 Å². The maximum absolute atomic E-state index is 14.0. The van der Waals surface area contributed by atoms with Crippen LogP contribution in [0.2, 0.25) is 0 Å². The highest BCUT2D eigenvalue weighted by Gasteiger charge is 2.48. The number of aliphatic imine (C=N–C) groups is 1.